The number of fused-ring (bicyclic) bond motifs is 1. The van der Waals surface area contributed by atoms with Gasteiger partial charge < -0.3 is 30.2 Å². The molecule has 1 aliphatic heterocycles. The van der Waals surface area contributed by atoms with Crippen molar-refractivity contribution in [2.24, 2.45) is 0 Å². The first-order valence-electron chi connectivity index (χ1n) is 14.4. The molecule has 9 nitrogen and oxygen atoms in total. The molecule has 4 aromatic carbocycles. The number of carbonyl (C=O) groups is 3. The summed E-state index contributed by atoms with van der Waals surface area (Å²) in [5.41, 5.74) is 2.20. The first-order valence-corrected chi connectivity index (χ1v) is 15.3. The Bertz CT molecular complexity index is 1710. The van der Waals surface area contributed by atoms with E-state index in [4.69, 9.17) is 14.2 Å². The number of anilines is 2. The number of benzene rings is 4. The number of para-hydroxylation sites is 1. The highest BCUT2D eigenvalue weighted by Gasteiger charge is 2.21. The van der Waals surface area contributed by atoms with Crippen LogP contribution in [0.1, 0.15) is 29.3 Å². The molecule has 45 heavy (non-hydrogen) atoms. The maximum absolute atomic E-state index is 13.6. The monoisotopic (exact) mass is 623 g/mol. The highest BCUT2D eigenvalue weighted by molar-refractivity contribution is 8.00. The number of methoxy groups -OCH3 is 1. The molecule has 10 heteroatoms. The lowest BCUT2D eigenvalue weighted by atomic mass is 10.1. The van der Waals surface area contributed by atoms with Crippen molar-refractivity contribution in [3.63, 3.8) is 0 Å². The van der Waals surface area contributed by atoms with Crippen molar-refractivity contribution in [3.8, 4) is 17.2 Å². The smallest absolute Gasteiger partial charge is 0.272 e. The Morgan fingerprint density at radius 1 is 0.844 bits per heavy atom. The van der Waals surface area contributed by atoms with Gasteiger partial charge in [0.15, 0.2) is 11.5 Å². The predicted octanol–water partition coefficient (Wildman–Crippen LogP) is 6.39. The second kappa shape index (κ2) is 15.0. The lowest BCUT2D eigenvalue weighted by Gasteiger charge is -2.20. The predicted molar refractivity (Wildman–Crippen MR) is 176 cm³/mol. The summed E-state index contributed by atoms with van der Waals surface area (Å²) < 4.78 is 16.6. The fourth-order valence-corrected chi connectivity index (χ4v) is 5.57. The number of amides is 3. The second-order valence-electron chi connectivity index (χ2n) is 9.96. The summed E-state index contributed by atoms with van der Waals surface area (Å²) in [7, 11) is 1.54. The summed E-state index contributed by atoms with van der Waals surface area (Å²) >= 11 is 1.39. The van der Waals surface area contributed by atoms with E-state index in [2.05, 4.69) is 16.0 Å². The van der Waals surface area contributed by atoms with Crippen molar-refractivity contribution < 1.29 is 28.6 Å². The van der Waals surface area contributed by atoms with Gasteiger partial charge in [0.1, 0.15) is 24.7 Å². The van der Waals surface area contributed by atoms with Gasteiger partial charge in [-0.25, -0.2) is 0 Å². The standard InChI is InChI=1S/C35H33N3O6S/c1-3-32(35(41)37-26-16-17-30-31(22-26)44-19-18-43-30)45-27-14-9-13-25(21-27)36-34(40)28(20-24-12-7-8-15-29(24)42-2)38-33(39)23-10-5-4-6-11-23/h4-17,20-22,32H,3,18-19H2,1-2H3,(H,36,40)(H,37,41)(H,38,39)/b28-20+. The van der Waals surface area contributed by atoms with Crippen LogP contribution in [-0.4, -0.2) is 43.3 Å². The van der Waals surface area contributed by atoms with Crippen LogP contribution in [0.3, 0.4) is 0 Å². The Morgan fingerprint density at radius 2 is 1.58 bits per heavy atom. The van der Waals surface area contributed by atoms with Gasteiger partial charge in [-0.2, -0.15) is 0 Å². The number of hydrogen-bond acceptors (Lipinski definition) is 7. The molecule has 3 N–H and O–H groups in total. The van der Waals surface area contributed by atoms with Gasteiger partial charge in [0.2, 0.25) is 5.91 Å². The fourth-order valence-electron chi connectivity index (χ4n) is 4.56. The zero-order valence-corrected chi connectivity index (χ0v) is 25.7. The summed E-state index contributed by atoms with van der Waals surface area (Å²) in [6.07, 6.45) is 2.15. The number of nitrogens with one attached hydrogen (secondary N) is 3. The Morgan fingerprint density at radius 3 is 2.36 bits per heavy atom. The van der Waals surface area contributed by atoms with Crippen LogP contribution < -0.4 is 30.2 Å². The number of carbonyl (C=O) groups excluding carboxylic acids is 3. The molecule has 0 aromatic heterocycles. The average Bonchev–Trinajstić information content (AvgIpc) is 3.07. The molecule has 1 aliphatic rings. The summed E-state index contributed by atoms with van der Waals surface area (Å²) in [6, 6.07) is 28.4. The molecular weight excluding hydrogens is 590 g/mol. The van der Waals surface area contributed by atoms with Gasteiger partial charge in [-0.3, -0.25) is 14.4 Å². The molecule has 0 saturated heterocycles. The van der Waals surface area contributed by atoms with Crippen LogP contribution in [0.4, 0.5) is 11.4 Å². The lowest BCUT2D eigenvalue weighted by molar-refractivity contribution is -0.116. The van der Waals surface area contributed by atoms with Gasteiger partial charge in [-0.1, -0.05) is 49.4 Å². The first kappa shape index (κ1) is 31.2. The minimum Gasteiger partial charge on any atom is -0.496 e. The molecule has 1 atom stereocenters. The van der Waals surface area contributed by atoms with Gasteiger partial charge >= 0.3 is 0 Å². The zero-order chi connectivity index (χ0) is 31.6. The van der Waals surface area contributed by atoms with Gasteiger partial charge in [0.05, 0.1) is 12.4 Å². The number of ether oxygens (including phenoxy) is 3. The van der Waals surface area contributed by atoms with Crippen molar-refractivity contribution in [1.29, 1.82) is 0 Å². The SMILES string of the molecule is CCC(Sc1cccc(NC(=O)/C(=C\c2ccccc2OC)NC(=O)c2ccccc2)c1)C(=O)Nc1ccc2c(c1)OCCO2. The third kappa shape index (κ3) is 8.24. The zero-order valence-electron chi connectivity index (χ0n) is 24.9. The normalized spacial score (nSPS) is 12.9. The molecule has 4 aromatic rings. The van der Waals surface area contributed by atoms with E-state index in [1.54, 1.807) is 78.9 Å². The molecule has 0 saturated carbocycles. The van der Waals surface area contributed by atoms with Gasteiger partial charge in [0.25, 0.3) is 11.8 Å². The van der Waals surface area contributed by atoms with Crippen molar-refractivity contribution >= 4 is 46.9 Å². The maximum atomic E-state index is 13.6. The average molecular weight is 624 g/mol. The van der Waals surface area contributed by atoms with E-state index in [1.807, 2.05) is 31.2 Å². The molecule has 0 aliphatic carbocycles. The van der Waals surface area contributed by atoms with Crippen LogP contribution in [-0.2, 0) is 9.59 Å². The highest BCUT2D eigenvalue weighted by atomic mass is 32.2. The molecule has 1 unspecified atom stereocenters. The molecule has 5 rings (SSSR count). The fraction of sp³-hybridized carbons (Fsp3) is 0.171. The molecule has 1 heterocycles. The Kier molecular flexibility index (Phi) is 10.4. The summed E-state index contributed by atoms with van der Waals surface area (Å²) in [5.74, 6) is 0.707. The molecule has 0 spiro atoms. The Balaban J connectivity index is 1.30. The quantitative estimate of drug-likeness (QED) is 0.131. The lowest BCUT2D eigenvalue weighted by Crippen LogP contribution is -2.30. The van der Waals surface area contributed by atoms with E-state index in [9.17, 15) is 14.4 Å². The molecule has 0 fully saturated rings. The van der Waals surface area contributed by atoms with Crippen molar-refractivity contribution in [1.82, 2.24) is 5.32 Å². The number of thioether (sulfide) groups is 1. The van der Waals surface area contributed by atoms with Gasteiger partial charge in [0, 0.05) is 33.5 Å². The van der Waals surface area contributed by atoms with Crippen molar-refractivity contribution in [3.05, 3.63) is 114 Å². The van der Waals surface area contributed by atoms with Crippen molar-refractivity contribution in [2.45, 2.75) is 23.5 Å². The van der Waals surface area contributed by atoms with Crippen LogP contribution in [0, 0.1) is 0 Å². The summed E-state index contributed by atoms with van der Waals surface area (Å²) in [5, 5.41) is 8.20. The minimum absolute atomic E-state index is 0.0386. The summed E-state index contributed by atoms with van der Waals surface area (Å²) in [6.45, 7) is 2.90. The number of hydrogen-bond donors (Lipinski definition) is 3. The third-order valence-electron chi connectivity index (χ3n) is 6.81. The molecular formula is C35H33N3O6S. The largest absolute Gasteiger partial charge is 0.496 e. The van der Waals surface area contributed by atoms with Crippen LogP contribution in [0.5, 0.6) is 17.2 Å². The molecule has 0 radical (unpaired) electrons. The van der Waals surface area contributed by atoms with E-state index < -0.39 is 17.1 Å². The molecule has 3 amide bonds. The number of rotatable bonds is 11. The Hall–Kier alpha value is -5.22. The van der Waals surface area contributed by atoms with Crippen LogP contribution >= 0.6 is 11.8 Å². The van der Waals surface area contributed by atoms with Crippen LogP contribution in [0.2, 0.25) is 0 Å². The van der Waals surface area contributed by atoms with Crippen LogP contribution in [0.25, 0.3) is 6.08 Å². The van der Waals surface area contributed by atoms with Gasteiger partial charge in [-0.05, 0) is 61.0 Å². The van der Waals surface area contributed by atoms with E-state index in [1.165, 1.54) is 18.9 Å². The van der Waals surface area contributed by atoms with E-state index in [0.29, 0.717) is 59.4 Å². The topological polar surface area (TPSA) is 115 Å². The van der Waals surface area contributed by atoms with Crippen LogP contribution in [0.15, 0.2) is 108 Å². The Labute approximate surface area is 266 Å². The van der Waals surface area contributed by atoms with E-state index in [-0.39, 0.29) is 11.6 Å². The first-order chi connectivity index (χ1) is 21.9. The molecule has 230 valence electrons. The van der Waals surface area contributed by atoms with Gasteiger partial charge in [-0.15, -0.1) is 11.8 Å². The van der Waals surface area contributed by atoms with E-state index in [0.717, 1.165) is 4.90 Å². The highest BCUT2D eigenvalue weighted by Crippen LogP contribution is 2.34. The van der Waals surface area contributed by atoms with E-state index >= 15 is 0 Å². The maximum Gasteiger partial charge on any atom is 0.272 e. The third-order valence-corrected chi connectivity index (χ3v) is 8.17. The minimum atomic E-state index is -0.518. The summed E-state index contributed by atoms with van der Waals surface area (Å²) in [4.78, 5) is 40.5. The molecule has 0 bridgehead atoms. The second-order valence-corrected chi connectivity index (χ2v) is 11.2. The van der Waals surface area contributed by atoms with Crippen molar-refractivity contribution in [2.75, 3.05) is 31.0 Å².